The number of nitrogens with zero attached hydrogens (tertiary/aromatic N) is 3. The number of morpholine rings is 1. The first kappa shape index (κ1) is 24.1. The lowest BCUT2D eigenvalue weighted by Crippen LogP contribution is -2.51. The number of carbonyl (C=O) groups excluding carboxylic acids is 2. The van der Waals surface area contributed by atoms with Crippen LogP contribution in [0.4, 0.5) is 4.39 Å². The van der Waals surface area contributed by atoms with Crippen LogP contribution >= 0.6 is 0 Å². The lowest BCUT2D eigenvalue weighted by molar-refractivity contribution is -0.140. The van der Waals surface area contributed by atoms with E-state index in [4.69, 9.17) is 4.74 Å². The average Bonchev–Trinajstić information content (AvgIpc) is 3.27. The van der Waals surface area contributed by atoms with Crippen molar-refractivity contribution >= 4 is 21.8 Å². The largest absolute Gasteiger partial charge is 0.378 e. The number of hydrogen-bond acceptors (Lipinski definition) is 5. The Labute approximate surface area is 194 Å². The van der Waals surface area contributed by atoms with Gasteiger partial charge in [0.15, 0.2) is 0 Å². The zero-order chi connectivity index (χ0) is 23.5. The fraction of sp³-hybridized carbons (Fsp3) is 0.652. The van der Waals surface area contributed by atoms with Gasteiger partial charge in [0.25, 0.3) is 0 Å². The Hall–Kier alpha value is -2.04. The monoisotopic (exact) mass is 481 g/mol. The van der Waals surface area contributed by atoms with Gasteiger partial charge in [-0.25, -0.2) is 12.8 Å². The molecule has 33 heavy (non-hydrogen) atoms. The van der Waals surface area contributed by atoms with Gasteiger partial charge >= 0.3 is 0 Å². The van der Waals surface area contributed by atoms with Crippen LogP contribution in [0.1, 0.15) is 38.5 Å². The number of benzene rings is 1. The summed E-state index contributed by atoms with van der Waals surface area (Å²) in [6.45, 7) is 3.09. The number of carbonyl (C=O) groups is 2. The number of rotatable bonds is 6. The van der Waals surface area contributed by atoms with Gasteiger partial charge in [0, 0.05) is 52.1 Å². The average molecular weight is 482 g/mol. The van der Waals surface area contributed by atoms with Crippen molar-refractivity contribution in [1.82, 2.24) is 14.1 Å². The van der Waals surface area contributed by atoms with E-state index in [0.29, 0.717) is 39.1 Å². The molecule has 8 nitrogen and oxygen atoms in total. The van der Waals surface area contributed by atoms with Crippen molar-refractivity contribution in [2.24, 2.45) is 5.41 Å². The molecule has 2 amide bonds. The molecule has 2 saturated heterocycles. The third-order valence-electron chi connectivity index (χ3n) is 7.13. The highest BCUT2D eigenvalue weighted by molar-refractivity contribution is 7.89. The highest BCUT2D eigenvalue weighted by atomic mass is 32.2. The number of hydrogen-bond donors (Lipinski definition) is 0. The van der Waals surface area contributed by atoms with Gasteiger partial charge in [-0.1, -0.05) is 25.0 Å². The van der Waals surface area contributed by atoms with E-state index in [1.54, 1.807) is 4.90 Å². The van der Waals surface area contributed by atoms with Gasteiger partial charge in [0.05, 0.1) is 13.2 Å². The van der Waals surface area contributed by atoms with Crippen molar-refractivity contribution in [2.75, 3.05) is 52.5 Å². The predicted molar refractivity (Wildman–Crippen MR) is 119 cm³/mol. The van der Waals surface area contributed by atoms with E-state index < -0.39 is 15.8 Å². The fourth-order valence-corrected chi connectivity index (χ4v) is 6.68. The summed E-state index contributed by atoms with van der Waals surface area (Å²) in [4.78, 5) is 29.2. The minimum absolute atomic E-state index is 0.0328. The number of sulfonamides is 1. The Morgan fingerprint density at radius 1 is 0.879 bits per heavy atom. The quantitative estimate of drug-likeness (QED) is 0.619. The first-order valence-corrected chi connectivity index (χ1v) is 13.1. The lowest BCUT2D eigenvalue weighted by atomic mass is 9.78. The number of amides is 2. The summed E-state index contributed by atoms with van der Waals surface area (Å²) < 4.78 is 46.3. The third-order valence-corrected chi connectivity index (χ3v) is 9.06. The molecule has 1 aromatic rings. The normalized spacial score (nSPS) is 21.8. The van der Waals surface area contributed by atoms with Crippen molar-refractivity contribution < 1.29 is 27.1 Å². The van der Waals surface area contributed by atoms with Gasteiger partial charge in [-0.05, 0) is 30.4 Å². The molecule has 1 saturated carbocycles. The Balaban J connectivity index is 1.35. The maximum Gasteiger partial charge on any atom is 0.246 e. The van der Waals surface area contributed by atoms with Crippen LogP contribution in [0.15, 0.2) is 29.2 Å². The Bertz CT molecular complexity index is 966. The van der Waals surface area contributed by atoms with Crippen LogP contribution in [0, 0.1) is 11.2 Å². The predicted octanol–water partition coefficient (Wildman–Crippen LogP) is 1.86. The fourth-order valence-electron chi connectivity index (χ4n) is 5.19. The molecule has 0 N–H and O–H groups in total. The zero-order valence-electron chi connectivity index (χ0n) is 18.9. The lowest BCUT2D eigenvalue weighted by Gasteiger charge is -2.37. The number of ether oxygens (including phenoxy) is 1. The van der Waals surface area contributed by atoms with E-state index in [1.807, 2.05) is 4.90 Å². The Morgan fingerprint density at radius 3 is 2.00 bits per heavy atom. The van der Waals surface area contributed by atoms with Crippen LogP contribution < -0.4 is 0 Å². The topological polar surface area (TPSA) is 87.2 Å². The van der Waals surface area contributed by atoms with Crippen LogP contribution in [0.3, 0.4) is 0 Å². The molecule has 10 heteroatoms. The van der Waals surface area contributed by atoms with E-state index in [0.717, 1.165) is 31.7 Å². The van der Waals surface area contributed by atoms with Crippen molar-refractivity contribution in [1.29, 1.82) is 0 Å². The number of halogens is 1. The molecule has 3 aliphatic rings. The highest BCUT2D eigenvalue weighted by Crippen LogP contribution is 2.45. The second kappa shape index (κ2) is 10.1. The molecule has 0 radical (unpaired) electrons. The minimum Gasteiger partial charge on any atom is -0.378 e. The van der Waals surface area contributed by atoms with Crippen molar-refractivity contribution in [3.63, 3.8) is 0 Å². The van der Waals surface area contributed by atoms with E-state index >= 15 is 0 Å². The molecule has 0 aromatic heterocycles. The maximum absolute atomic E-state index is 14.0. The standard InChI is InChI=1S/C23H32FN3O5S/c24-19-5-1-2-6-20(19)33(30,31)27-11-9-25(10-12-27)21(28)17-23(7-3-4-8-23)18-22(29)26-13-15-32-16-14-26/h1-2,5-6H,3-4,7-18H2. The molecule has 0 bridgehead atoms. The number of piperazine rings is 1. The molecular weight excluding hydrogens is 449 g/mol. The molecule has 3 fully saturated rings. The molecule has 182 valence electrons. The molecule has 2 heterocycles. The van der Waals surface area contributed by atoms with Crippen LogP contribution in [0.25, 0.3) is 0 Å². The molecule has 0 atom stereocenters. The van der Waals surface area contributed by atoms with Crippen molar-refractivity contribution in [2.45, 2.75) is 43.4 Å². The summed E-state index contributed by atoms with van der Waals surface area (Å²) >= 11 is 0. The summed E-state index contributed by atoms with van der Waals surface area (Å²) in [6, 6.07) is 5.34. The van der Waals surface area contributed by atoms with E-state index in [2.05, 4.69) is 0 Å². The van der Waals surface area contributed by atoms with Gasteiger partial charge in [-0.2, -0.15) is 4.31 Å². The first-order valence-electron chi connectivity index (χ1n) is 11.7. The third kappa shape index (κ3) is 5.38. The van der Waals surface area contributed by atoms with Gasteiger partial charge in [-0.15, -0.1) is 0 Å². The van der Waals surface area contributed by atoms with E-state index in [-0.39, 0.29) is 48.3 Å². The van der Waals surface area contributed by atoms with Crippen LogP contribution in [0.2, 0.25) is 0 Å². The summed E-state index contributed by atoms with van der Waals surface area (Å²) in [5.41, 5.74) is -0.317. The molecule has 1 aromatic carbocycles. The molecule has 1 aliphatic carbocycles. The second-order valence-electron chi connectivity index (χ2n) is 9.27. The van der Waals surface area contributed by atoms with E-state index in [1.165, 1.54) is 22.5 Å². The summed E-state index contributed by atoms with van der Waals surface area (Å²) in [5, 5.41) is 0. The second-order valence-corrected chi connectivity index (χ2v) is 11.2. The van der Waals surface area contributed by atoms with Crippen LogP contribution in [-0.2, 0) is 24.3 Å². The van der Waals surface area contributed by atoms with Gasteiger partial charge < -0.3 is 14.5 Å². The molecular formula is C23H32FN3O5S. The van der Waals surface area contributed by atoms with Gasteiger partial charge in [0.2, 0.25) is 21.8 Å². The Kier molecular flexibility index (Phi) is 7.35. The maximum atomic E-state index is 14.0. The smallest absolute Gasteiger partial charge is 0.246 e. The summed E-state index contributed by atoms with van der Waals surface area (Å²) in [7, 11) is -3.94. The first-order chi connectivity index (χ1) is 15.8. The summed E-state index contributed by atoms with van der Waals surface area (Å²) in [6.07, 6.45) is 4.42. The van der Waals surface area contributed by atoms with Crippen molar-refractivity contribution in [3.8, 4) is 0 Å². The van der Waals surface area contributed by atoms with Crippen LogP contribution in [-0.4, -0.2) is 86.8 Å². The van der Waals surface area contributed by atoms with Crippen molar-refractivity contribution in [3.05, 3.63) is 30.1 Å². The highest BCUT2D eigenvalue weighted by Gasteiger charge is 2.41. The van der Waals surface area contributed by atoms with Gasteiger partial charge in [-0.3, -0.25) is 9.59 Å². The van der Waals surface area contributed by atoms with E-state index in [9.17, 15) is 22.4 Å². The minimum atomic E-state index is -3.94. The van der Waals surface area contributed by atoms with Gasteiger partial charge in [0.1, 0.15) is 10.7 Å². The Morgan fingerprint density at radius 2 is 1.42 bits per heavy atom. The molecule has 4 rings (SSSR count). The zero-order valence-corrected chi connectivity index (χ0v) is 19.7. The SMILES string of the molecule is O=C(CC1(CC(=O)N2CCN(S(=O)(=O)c3ccccc3F)CC2)CCCC1)N1CCOCC1. The van der Waals surface area contributed by atoms with Crippen LogP contribution in [0.5, 0.6) is 0 Å². The summed E-state index contributed by atoms with van der Waals surface area (Å²) in [5.74, 6) is -0.715. The molecule has 0 unspecified atom stereocenters. The molecule has 0 spiro atoms. The molecule has 2 aliphatic heterocycles.